The molecule has 0 aromatic heterocycles. The maximum atomic E-state index is 13.2. The average molecular weight is 318 g/mol. The smallest absolute Gasteiger partial charge is 0.251 e. The van der Waals surface area contributed by atoms with Gasteiger partial charge in [0.15, 0.2) is 0 Å². The summed E-state index contributed by atoms with van der Waals surface area (Å²) in [6, 6.07) is 5.76. The monoisotopic (exact) mass is 318 g/mol. The molecular weight excluding hydrogens is 295 g/mol. The van der Waals surface area contributed by atoms with E-state index in [9.17, 15) is 14.0 Å². The van der Waals surface area contributed by atoms with E-state index in [2.05, 4.69) is 5.32 Å². The Kier molecular flexibility index (Phi) is 4.94. The fraction of sp³-hybridized carbons (Fsp3) is 0.556. The summed E-state index contributed by atoms with van der Waals surface area (Å²) in [5.41, 5.74) is 0.342. The second-order valence-corrected chi connectivity index (χ2v) is 6.56. The molecular formula is C18H23FN2O2. The number of nitrogens with zero attached hydrogens (tertiary/aromatic N) is 1. The van der Waals surface area contributed by atoms with E-state index in [1.807, 2.05) is 4.90 Å². The van der Waals surface area contributed by atoms with Crippen molar-refractivity contribution in [3.8, 4) is 0 Å². The molecule has 1 aromatic rings. The van der Waals surface area contributed by atoms with Crippen molar-refractivity contribution in [2.45, 2.75) is 44.6 Å². The summed E-state index contributed by atoms with van der Waals surface area (Å²) in [6.45, 7) is 1.40. The average Bonchev–Trinajstić information content (AvgIpc) is 3.09. The van der Waals surface area contributed by atoms with Crippen molar-refractivity contribution in [2.75, 3.05) is 13.1 Å². The summed E-state index contributed by atoms with van der Waals surface area (Å²) in [5, 5.41) is 2.95. The van der Waals surface area contributed by atoms with Gasteiger partial charge in [-0.1, -0.05) is 18.9 Å². The first-order valence-corrected chi connectivity index (χ1v) is 8.49. The summed E-state index contributed by atoms with van der Waals surface area (Å²) >= 11 is 0. The summed E-state index contributed by atoms with van der Waals surface area (Å²) in [4.78, 5) is 26.5. The lowest BCUT2D eigenvalue weighted by Gasteiger charge is -2.34. The fourth-order valence-corrected chi connectivity index (χ4v) is 3.57. The van der Waals surface area contributed by atoms with Gasteiger partial charge in [-0.2, -0.15) is 0 Å². The van der Waals surface area contributed by atoms with Gasteiger partial charge in [-0.15, -0.1) is 0 Å². The van der Waals surface area contributed by atoms with Crippen molar-refractivity contribution < 1.29 is 14.0 Å². The highest BCUT2D eigenvalue weighted by molar-refractivity contribution is 5.94. The third kappa shape index (κ3) is 3.89. The van der Waals surface area contributed by atoms with Crippen molar-refractivity contribution in [1.82, 2.24) is 10.2 Å². The van der Waals surface area contributed by atoms with Gasteiger partial charge < -0.3 is 10.2 Å². The maximum absolute atomic E-state index is 13.2. The van der Waals surface area contributed by atoms with Gasteiger partial charge in [-0.3, -0.25) is 9.59 Å². The predicted octanol–water partition coefficient (Wildman–Crippen LogP) is 2.74. The van der Waals surface area contributed by atoms with Crippen LogP contribution in [0.15, 0.2) is 24.3 Å². The second-order valence-electron chi connectivity index (χ2n) is 6.56. The van der Waals surface area contributed by atoms with Crippen LogP contribution in [0.1, 0.15) is 48.9 Å². The number of hydrogen-bond donors (Lipinski definition) is 1. The van der Waals surface area contributed by atoms with Crippen molar-refractivity contribution in [2.24, 2.45) is 5.92 Å². The lowest BCUT2D eigenvalue weighted by atomic mass is 10.0. The normalized spacial score (nSPS) is 19.8. The highest BCUT2D eigenvalue weighted by Crippen LogP contribution is 2.27. The predicted molar refractivity (Wildman–Crippen MR) is 85.4 cm³/mol. The zero-order valence-electron chi connectivity index (χ0n) is 13.3. The second kappa shape index (κ2) is 7.11. The highest BCUT2D eigenvalue weighted by atomic mass is 19.1. The van der Waals surface area contributed by atoms with E-state index in [-0.39, 0.29) is 23.8 Å². The van der Waals surface area contributed by atoms with Crippen LogP contribution in [-0.2, 0) is 4.79 Å². The van der Waals surface area contributed by atoms with Crippen LogP contribution < -0.4 is 5.32 Å². The van der Waals surface area contributed by atoms with Gasteiger partial charge in [-0.05, 0) is 43.9 Å². The molecule has 124 valence electrons. The Morgan fingerprint density at radius 2 is 1.78 bits per heavy atom. The molecule has 0 bridgehead atoms. The van der Waals surface area contributed by atoms with Crippen LogP contribution >= 0.6 is 0 Å². The van der Waals surface area contributed by atoms with E-state index in [0.29, 0.717) is 18.7 Å². The van der Waals surface area contributed by atoms with Crippen LogP contribution in [0.5, 0.6) is 0 Å². The van der Waals surface area contributed by atoms with Crippen molar-refractivity contribution in [3.63, 3.8) is 0 Å². The van der Waals surface area contributed by atoms with Gasteiger partial charge in [0.2, 0.25) is 5.91 Å². The van der Waals surface area contributed by atoms with Gasteiger partial charge in [0.05, 0.1) is 0 Å². The van der Waals surface area contributed by atoms with Gasteiger partial charge in [0.1, 0.15) is 5.82 Å². The lowest BCUT2D eigenvalue weighted by molar-refractivity contribution is -0.136. The minimum Gasteiger partial charge on any atom is -0.349 e. The molecule has 1 N–H and O–H groups in total. The van der Waals surface area contributed by atoms with E-state index < -0.39 is 5.82 Å². The highest BCUT2D eigenvalue weighted by Gasteiger charge is 2.30. The van der Waals surface area contributed by atoms with Crippen LogP contribution in [0.2, 0.25) is 0 Å². The molecule has 1 aliphatic heterocycles. The summed E-state index contributed by atoms with van der Waals surface area (Å²) in [5.74, 6) is -0.148. The molecule has 0 atom stereocenters. The number of rotatable bonds is 3. The lowest BCUT2D eigenvalue weighted by Crippen LogP contribution is -2.47. The van der Waals surface area contributed by atoms with Gasteiger partial charge in [0.25, 0.3) is 5.91 Å². The minimum absolute atomic E-state index is 0.0541. The number of piperidine rings is 1. The van der Waals surface area contributed by atoms with Crippen molar-refractivity contribution in [3.05, 3.63) is 35.6 Å². The third-order valence-electron chi connectivity index (χ3n) is 4.93. The Morgan fingerprint density at radius 3 is 2.43 bits per heavy atom. The number of halogens is 1. The molecule has 1 heterocycles. The molecule has 0 unspecified atom stereocenters. The van der Waals surface area contributed by atoms with Gasteiger partial charge in [-0.25, -0.2) is 4.39 Å². The Hall–Kier alpha value is -1.91. The molecule has 5 heteroatoms. The maximum Gasteiger partial charge on any atom is 0.251 e. The summed E-state index contributed by atoms with van der Waals surface area (Å²) in [6.07, 6.45) is 5.90. The number of amides is 2. The topological polar surface area (TPSA) is 49.4 Å². The number of carbonyl (C=O) groups is 2. The molecule has 1 saturated carbocycles. The first-order chi connectivity index (χ1) is 11.1. The Morgan fingerprint density at radius 1 is 1.09 bits per heavy atom. The van der Waals surface area contributed by atoms with Crippen LogP contribution in [0.25, 0.3) is 0 Å². The van der Waals surface area contributed by atoms with Crippen LogP contribution in [-0.4, -0.2) is 35.8 Å². The summed E-state index contributed by atoms with van der Waals surface area (Å²) < 4.78 is 13.2. The molecule has 4 nitrogen and oxygen atoms in total. The number of carbonyl (C=O) groups excluding carboxylic acids is 2. The molecule has 1 aliphatic carbocycles. The molecule has 2 fully saturated rings. The van der Waals surface area contributed by atoms with Crippen LogP contribution in [0, 0.1) is 11.7 Å². The molecule has 0 radical (unpaired) electrons. The SMILES string of the molecule is O=C(NC1CCN(C(=O)C2CCCC2)CC1)c1cccc(F)c1. The van der Waals surface area contributed by atoms with Crippen molar-refractivity contribution in [1.29, 1.82) is 0 Å². The van der Waals surface area contributed by atoms with Crippen molar-refractivity contribution >= 4 is 11.8 Å². The Labute approximate surface area is 136 Å². The van der Waals surface area contributed by atoms with Crippen LogP contribution in [0.3, 0.4) is 0 Å². The number of hydrogen-bond acceptors (Lipinski definition) is 2. The largest absolute Gasteiger partial charge is 0.349 e. The van der Waals surface area contributed by atoms with E-state index in [4.69, 9.17) is 0 Å². The Balaban J connectivity index is 1.49. The standard InChI is InChI=1S/C18H23FN2O2/c19-15-7-3-6-14(12-15)17(22)20-16-8-10-21(11-9-16)18(23)13-4-1-2-5-13/h3,6-7,12-13,16H,1-2,4-5,8-11H2,(H,20,22). The van der Waals surface area contributed by atoms with Gasteiger partial charge >= 0.3 is 0 Å². The molecule has 3 rings (SSSR count). The molecule has 0 spiro atoms. The zero-order chi connectivity index (χ0) is 16.2. The molecule has 2 aliphatic rings. The van der Waals surface area contributed by atoms with Gasteiger partial charge in [0, 0.05) is 30.6 Å². The Bertz CT molecular complexity index is 576. The van der Waals surface area contributed by atoms with Crippen LogP contribution in [0.4, 0.5) is 4.39 Å². The number of benzene rings is 1. The minimum atomic E-state index is -0.408. The fourth-order valence-electron chi connectivity index (χ4n) is 3.57. The number of likely N-dealkylation sites (tertiary alicyclic amines) is 1. The quantitative estimate of drug-likeness (QED) is 0.931. The molecule has 1 saturated heterocycles. The first-order valence-electron chi connectivity index (χ1n) is 8.49. The first kappa shape index (κ1) is 16.0. The molecule has 1 aromatic carbocycles. The van der Waals surface area contributed by atoms with E-state index in [1.165, 1.54) is 18.2 Å². The molecule has 2 amide bonds. The number of nitrogens with one attached hydrogen (secondary N) is 1. The van der Waals surface area contributed by atoms with E-state index >= 15 is 0 Å². The van der Waals surface area contributed by atoms with E-state index in [0.717, 1.165) is 38.5 Å². The molecule has 23 heavy (non-hydrogen) atoms. The van der Waals surface area contributed by atoms with E-state index in [1.54, 1.807) is 6.07 Å². The zero-order valence-corrected chi connectivity index (χ0v) is 13.3. The third-order valence-corrected chi connectivity index (χ3v) is 4.93. The summed E-state index contributed by atoms with van der Waals surface area (Å²) in [7, 11) is 0.